The van der Waals surface area contributed by atoms with Gasteiger partial charge in [0.05, 0.1) is 16.0 Å². The molecule has 0 bridgehead atoms. The number of halogens is 1. The Morgan fingerprint density at radius 1 is 1.02 bits per heavy atom. The zero-order valence-electron chi connectivity index (χ0n) is 25.7. The van der Waals surface area contributed by atoms with E-state index in [9.17, 15) is 27.0 Å². The Morgan fingerprint density at radius 3 is 2.36 bits per heavy atom. The summed E-state index contributed by atoms with van der Waals surface area (Å²) in [5.74, 6) is -1.56. The van der Waals surface area contributed by atoms with Crippen molar-refractivity contribution in [3.8, 4) is 0 Å². The highest BCUT2D eigenvalue weighted by Gasteiger charge is 2.55. The number of carbonyl (C=O) groups is 2. The molecular formula is C35H41FN2O5S. The smallest absolute Gasteiger partial charge is 0.294 e. The zero-order valence-corrected chi connectivity index (χ0v) is 26.5. The maximum absolute atomic E-state index is 14.4. The van der Waals surface area contributed by atoms with Crippen LogP contribution >= 0.6 is 0 Å². The highest BCUT2D eigenvalue weighted by Crippen LogP contribution is 2.58. The zero-order chi connectivity index (χ0) is 31.9. The molecule has 0 aliphatic heterocycles. The summed E-state index contributed by atoms with van der Waals surface area (Å²) < 4.78 is 49.5. The Labute approximate surface area is 259 Å². The summed E-state index contributed by atoms with van der Waals surface area (Å²) in [4.78, 5) is 27.8. The molecule has 0 radical (unpaired) electrons. The average molecular weight is 621 g/mol. The maximum Gasteiger partial charge on any atom is 0.294 e. The van der Waals surface area contributed by atoms with Gasteiger partial charge in [-0.2, -0.15) is 8.42 Å². The number of para-hydroxylation sites is 1. The first-order valence-electron chi connectivity index (χ1n) is 15.3. The topological polar surface area (TPSA) is 113 Å². The molecular weight excluding hydrogens is 579 g/mol. The van der Waals surface area contributed by atoms with E-state index in [0.29, 0.717) is 18.4 Å². The lowest BCUT2D eigenvalue weighted by Crippen LogP contribution is -2.58. The summed E-state index contributed by atoms with van der Waals surface area (Å²) >= 11 is 0. The molecule has 3 aromatic carbocycles. The van der Waals surface area contributed by atoms with Crippen molar-refractivity contribution in [3.05, 3.63) is 94.8 Å². The van der Waals surface area contributed by atoms with Gasteiger partial charge in [0.2, 0.25) is 11.8 Å². The molecule has 2 amide bonds. The van der Waals surface area contributed by atoms with Crippen LogP contribution < -0.4 is 10.6 Å². The molecule has 0 spiro atoms. The van der Waals surface area contributed by atoms with E-state index in [-0.39, 0.29) is 34.7 Å². The molecule has 0 saturated heterocycles. The summed E-state index contributed by atoms with van der Waals surface area (Å²) in [5, 5.41) is 5.69. The van der Waals surface area contributed by atoms with Crippen LogP contribution in [-0.2, 0) is 38.0 Å². The summed E-state index contributed by atoms with van der Waals surface area (Å²) in [6, 6.07) is 17.9. The molecule has 1 saturated carbocycles. The number of benzene rings is 3. The van der Waals surface area contributed by atoms with Crippen molar-refractivity contribution >= 4 is 27.6 Å². The van der Waals surface area contributed by atoms with Gasteiger partial charge in [0, 0.05) is 6.42 Å². The van der Waals surface area contributed by atoms with Crippen LogP contribution in [-0.4, -0.2) is 30.8 Å². The highest BCUT2D eigenvalue weighted by molar-refractivity contribution is 7.85. The van der Waals surface area contributed by atoms with E-state index in [1.54, 1.807) is 18.2 Å². The van der Waals surface area contributed by atoms with Crippen molar-refractivity contribution in [2.45, 2.75) is 88.5 Å². The normalized spacial score (nSPS) is 23.8. The molecule has 9 heteroatoms. The first-order chi connectivity index (χ1) is 20.7. The molecule has 3 N–H and O–H groups in total. The predicted octanol–water partition coefficient (Wildman–Crippen LogP) is 6.57. The second-order valence-corrected chi connectivity index (χ2v) is 14.5. The summed E-state index contributed by atoms with van der Waals surface area (Å²) in [7, 11) is -4.46. The minimum Gasteiger partial charge on any atom is -0.343 e. The first kappa shape index (κ1) is 31.9. The van der Waals surface area contributed by atoms with Crippen molar-refractivity contribution in [2.24, 2.45) is 11.3 Å². The molecule has 234 valence electrons. The first-order valence-corrected chi connectivity index (χ1v) is 16.7. The number of hydrogen-bond acceptors (Lipinski definition) is 4. The predicted molar refractivity (Wildman–Crippen MR) is 169 cm³/mol. The molecule has 44 heavy (non-hydrogen) atoms. The Morgan fingerprint density at radius 2 is 1.70 bits per heavy atom. The third-order valence-corrected chi connectivity index (χ3v) is 10.8. The lowest BCUT2D eigenvalue weighted by atomic mass is 9.49. The number of amides is 2. The minimum atomic E-state index is -4.46. The molecule has 2 aliphatic rings. The lowest BCUT2D eigenvalue weighted by molar-refractivity contribution is -0.141. The number of fused-ring (bicyclic) bond motifs is 3. The Kier molecular flexibility index (Phi) is 8.75. The molecule has 4 atom stereocenters. The van der Waals surface area contributed by atoms with E-state index in [4.69, 9.17) is 0 Å². The fourth-order valence-corrected chi connectivity index (χ4v) is 8.49. The van der Waals surface area contributed by atoms with Gasteiger partial charge in [-0.3, -0.25) is 14.1 Å². The van der Waals surface area contributed by atoms with Gasteiger partial charge in [0.25, 0.3) is 10.1 Å². The van der Waals surface area contributed by atoms with E-state index in [2.05, 4.69) is 17.6 Å². The Bertz CT molecular complexity index is 1680. The number of carbonyl (C=O) groups excluding carboxylic acids is 2. The Hall–Kier alpha value is -3.56. The van der Waals surface area contributed by atoms with Gasteiger partial charge < -0.3 is 10.6 Å². The molecule has 0 heterocycles. The van der Waals surface area contributed by atoms with Crippen LogP contribution in [0, 0.1) is 17.2 Å². The summed E-state index contributed by atoms with van der Waals surface area (Å²) in [6.45, 7) is 7.84. The van der Waals surface area contributed by atoms with Crippen LogP contribution in [0.3, 0.4) is 0 Å². The van der Waals surface area contributed by atoms with E-state index in [0.717, 1.165) is 36.0 Å². The van der Waals surface area contributed by atoms with Gasteiger partial charge in [0.15, 0.2) is 0 Å². The fraction of sp³-hybridized carbons (Fsp3) is 0.429. The van der Waals surface area contributed by atoms with Gasteiger partial charge in [-0.25, -0.2) is 4.39 Å². The van der Waals surface area contributed by atoms with Crippen LogP contribution in [0.1, 0.15) is 81.5 Å². The molecule has 0 unspecified atom stereocenters. The van der Waals surface area contributed by atoms with E-state index >= 15 is 0 Å². The number of hydrogen-bond donors (Lipinski definition) is 3. The number of nitrogens with one attached hydrogen (secondary N) is 2. The van der Waals surface area contributed by atoms with E-state index in [1.165, 1.54) is 12.1 Å². The monoisotopic (exact) mass is 620 g/mol. The Balaban J connectivity index is 1.48. The van der Waals surface area contributed by atoms with E-state index in [1.807, 2.05) is 57.2 Å². The van der Waals surface area contributed by atoms with Crippen LogP contribution in [0.2, 0.25) is 0 Å². The fourth-order valence-electron chi connectivity index (χ4n) is 7.63. The number of aryl methyl sites for hydroxylation is 1. The SMILES string of the molecule is CC(C)c1cc2c(cc1S(=O)(=O)O)[C@@]1(C)CCC[C@@](C)(C(=O)N[C@H](Cc3ccccc3)C(=O)Nc3ccccc3F)[C@@H]1CC2. The average Bonchev–Trinajstić information content (AvgIpc) is 2.97. The van der Waals surface area contributed by atoms with Gasteiger partial charge in [-0.05, 0) is 83.4 Å². The van der Waals surface area contributed by atoms with Crippen LogP contribution in [0.4, 0.5) is 10.1 Å². The quantitative estimate of drug-likeness (QED) is 0.247. The second-order valence-electron chi connectivity index (χ2n) is 13.1. The maximum atomic E-state index is 14.4. The van der Waals surface area contributed by atoms with Crippen molar-refractivity contribution in [3.63, 3.8) is 0 Å². The highest BCUT2D eigenvalue weighted by atomic mass is 32.2. The van der Waals surface area contributed by atoms with Crippen molar-refractivity contribution < 1.29 is 27.0 Å². The standard InChI is InChI=1S/C35H41FN2O5S/c1-22(2)25-20-24-15-16-31-34(3,26(24)21-30(25)44(41,42)43)17-10-18-35(31,4)33(40)38-29(19-23-11-6-5-7-12-23)32(39)37-28-14-9-8-13-27(28)36/h5-9,11-14,20-22,29,31H,10,15-19H2,1-4H3,(H,37,39)(H,38,40)(H,41,42,43)/t29-,31-,34-,35-/m1/s1. The largest absolute Gasteiger partial charge is 0.343 e. The number of anilines is 1. The van der Waals surface area contributed by atoms with Gasteiger partial charge in [0.1, 0.15) is 11.9 Å². The lowest BCUT2D eigenvalue weighted by Gasteiger charge is -2.54. The summed E-state index contributed by atoms with van der Waals surface area (Å²) in [5.41, 5.74) is 2.03. The van der Waals surface area contributed by atoms with Crippen molar-refractivity contribution in [1.29, 1.82) is 0 Å². The molecule has 7 nitrogen and oxygen atoms in total. The molecule has 5 rings (SSSR count). The third kappa shape index (κ3) is 6.04. The summed E-state index contributed by atoms with van der Waals surface area (Å²) in [6.07, 6.45) is 3.72. The van der Waals surface area contributed by atoms with Gasteiger partial charge in [-0.15, -0.1) is 0 Å². The second kappa shape index (κ2) is 12.1. The third-order valence-electron chi connectivity index (χ3n) is 9.94. The minimum absolute atomic E-state index is 0.0422. The molecule has 2 aliphatic carbocycles. The molecule has 0 aromatic heterocycles. The van der Waals surface area contributed by atoms with Crippen LogP contribution in [0.25, 0.3) is 0 Å². The van der Waals surface area contributed by atoms with E-state index < -0.39 is 38.7 Å². The van der Waals surface area contributed by atoms with Crippen molar-refractivity contribution in [2.75, 3.05) is 5.32 Å². The number of rotatable bonds is 8. The molecule has 3 aromatic rings. The molecule has 1 fully saturated rings. The van der Waals surface area contributed by atoms with Crippen LogP contribution in [0.5, 0.6) is 0 Å². The van der Waals surface area contributed by atoms with Gasteiger partial charge in [-0.1, -0.05) is 82.6 Å². The van der Waals surface area contributed by atoms with Gasteiger partial charge >= 0.3 is 0 Å². The van der Waals surface area contributed by atoms with Crippen molar-refractivity contribution in [1.82, 2.24) is 5.32 Å². The van der Waals surface area contributed by atoms with Crippen LogP contribution in [0.15, 0.2) is 71.6 Å².